The third-order valence-electron chi connectivity index (χ3n) is 2.70. The monoisotopic (exact) mass is 188 g/mol. The molecule has 0 amide bonds. The fourth-order valence-corrected chi connectivity index (χ4v) is 1.87. The van der Waals surface area contributed by atoms with E-state index < -0.39 is 0 Å². The zero-order valence-electron chi connectivity index (χ0n) is 8.51. The first-order chi connectivity index (χ1) is 6.83. The van der Waals surface area contributed by atoms with Crippen molar-refractivity contribution < 1.29 is 0 Å². The molecule has 0 saturated heterocycles. The molecule has 1 aromatic heterocycles. The Balaban J connectivity index is 2.41. The topological polar surface area (TPSA) is 41.8 Å². The first-order valence-corrected chi connectivity index (χ1v) is 5.09. The summed E-state index contributed by atoms with van der Waals surface area (Å²) < 4.78 is 0. The van der Waals surface area contributed by atoms with Crippen LogP contribution in [-0.2, 0) is 6.42 Å². The summed E-state index contributed by atoms with van der Waals surface area (Å²) in [6.07, 6.45) is 2.10. The van der Waals surface area contributed by atoms with Gasteiger partial charge in [-0.3, -0.25) is 0 Å². The van der Waals surface area contributed by atoms with Crippen LogP contribution in [0.15, 0.2) is 24.3 Å². The van der Waals surface area contributed by atoms with Crippen molar-refractivity contribution in [3.05, 3.63) is 35.5 Å². The van der Waals surface area contributed by atoms with Gasteiger partial charge in [-0.15, -0.1) is 0 Å². The molecule has 0 unspecified atom stereocenters. The molecule has 1 heterocycles. The Labute approximate surface area is 84.1 Å². The molecule has 2 nitrogen and oxygen atoms in total. The van der Waals surface area contributed by atoms with Gasteiger partial charge in [0.15, 0.2) is 0 Å². The number of hydrogen-bond acceptors (Lipinski definition) is 1. The smallest absolute Gasteiger partial charge is 0.0458 e. The van der Waals surface area contributed by atoms with Crippen LogP contribution >= 0.6 is 0 Å². The number of para-hydroxylation sites is 1. The van der Waals surface area contributed by atoms with E-state index in [0.29, 0.717) is 0 Å². The van der Waals surface area contributed by atoms with E-state index in [0.717, 1.165) is 19.4 Å². The van der Waals surface area contributed by atoms with Crippen molar-refractivity contribution in [3.8, 4) is 0 Å². The lowest BCUT2D eigenvalue weighted by Gasteiger charge is -1.97. The average Bonchev–Trinajstić information content (AvgIpc) is 2.54. The molecule has 0 bridgehead atoms. The Morgan fingerprint density at radius 1 is 1.29 bits per heavy atom. The first kappa shape index (κ1) is 9.28. The van der Waals surface area contributed by atoms with Gasteiger partial charge >= 0.3 is 0 Å². The Morgan fingerprint density at radius 2 is 2.07 bits per heavy atom. The van der Waals surface area contributed by atoms with Crippen LogP contribution in [0.5, 0.6) is 0 Å². The number of fused-ring (bicyclic) bond motifs is 1. The molecule has 0 spiro atoms. The highest BCUT2D eigenvalue weighted by molar-refractivity contribution is 5.84. The van der Waals surface area contributed by atoms with Crippen LogP contribution in [-0.4, -0.2) is 11.5 Å². The third kappa shape index (κ3) is 1.53. The molecule has 1 aromatic carbocycles. The van der Waals surface area contributed by atoms with Crippen LogP contribution in [0.3, 0.4) is 0 Å². The lowest BCUT2D eigenvalue weighted by atomic mass is 10.1. The van der Waals surface area contributed by atoms with E-state index in [1.165, 1.54) is 22.2 Å². The summed E-state index contributed by atoms with van der Waals surface area (Å²) in [4.78, 5) is 3.44. The molecule has 0 fully saturated rings. The van der Waals surface area contributed by atoms with Gasteiger partial charge in [-0.2, -0.15) is 0 Å². The van der Waals surface area contributed by atoms with Crippen LogP contribution in [0.2, 0.25) is 0 Å². The highest BCUT2D eigenvalue weighted by atomic mass is 14.7. The van der Waals surface area contributed by atoms with Gasteiger partial charge in [-0.1, -0.05) is 18.2 Å². The van der Waals surface area contributed by atoms with E-state index in [1.807, 2.05) is 0 Å². The minimum atomic E-state index is 0.759. The number of benzene rings is 1. The van der Waals surface area contributed by atoms with E-state index in [1.54, 1.807) is 0 Å². The van der Waals surface area contributed by atoms with Gasteiger partial charge in [-0.05, 0) is 37.9 Å². The molecule has 3 N–H and O–H groups in total. The van der Waals surface area contributed by atoms with E-state index in [9.17, 15) is 0 Å². The molecule has 0 saturated carbocycles. The highest BCUT2D eigenvalue weighted by Gasteiger charge is 2.05. The van der Waals surface area contributed by atoms with Gasteiger partial charge in [-0.25, -0.2) is 0 Å². The van der Waals surface area contributed by atoms with Crippen molar-refractivity contribution in [3.63, 3.8) is 0 Å². The van der Waals surface area contributed by atoms with Crippen molar-refractivity contribution in [1.82, 2.24) is 4.98 Å². The Hall–Kier alpha value is -1.28. The van der Waals surface area contributed by atoms with Crippen molar-refractivity contribution in [2.45, 2.75) is 19.8 Å². The molecule has 0 atom stereocenters. The highest BCUT2D eigenvalue weighted by Crippen LogP contribution is 2.21. The normalized spacial score (nSPS) is 11.0. The van der Waals surface area contributed by atoms with Crippen LogP contribution in [0.25, 0.3) is 10.9 Å². The van der Waals surface area contributed by atoms with E-state index >= 15 is 0 Å². The molecule has 0 radical (unpaired) electrons. The molecular weight excluding hydrogens is 172 g/mol. The maximum atomic E-state index is 5.51. The lowest BCUT2D eigenvalue weighted by Crippen LogP contribution is -2.01. The molecule has 74 valence electrons. The SMILES string of the molecule is Cc1c(CCCN)[nH]c2ccccc12. The van der Waals surface area contributed by atoms with Crippen LogP contribution in [0.1, 0.15) is 17.7 Å². The number of aryl methyl sites for hydroxylation is 2. The number of aromatic amines is 1. The van der Waals surface area contributed by atoms with Crippen molar-refractivity contribution >= 4 is 10.9 Å². The number of H-pyrrole nitrogens is 1. The number of aromatic nitrogens is 1. The summed E-state index contributed by atoms with van der Waals surface area (Å²) in [5, 5.41) is 1.33. The molecule has 14 heavy (non-hydrogen) atoms. The van der Waals surface area contributed by atoms with E-state index in [-0.39, 0.29) is 0 Å². The summed E-state index contributed by atoms with van der Waals surface area (Å²) in [6.45, 7) is 2.93. The molecular formula is C12H16N2. The second-order valence-corrected chi connectivity index (χ2v) is 3.67. The predicted molar refractivity (Wildman–Crippen MR) is 60.4 cm³/mol. The zero-order chi connectivity index (χ0) is 9.97. The number of nitrogens with one attached hydrogen (secondary N) is 1. The minimum absolute atomic E-state index is 0.759. The number of hydrogen-bond donors (Lipinski definition) is 2. The molecule has 0 aliphatic heterocycles. The summed E-state index contributed by atoms with van der Waals surface area (Å²) in [5.74, 6) is 0. The molecule has 0 aliphatic carbocycles. The average molecular weight is 188 g/mol. The fourth-order valence-electron chi connectivity index (χ4n) is 1.87. The van der Waals surface area contributed by atoms with Crippen LogP contribution in [0, 0.1) is 6.92 Å². The molecule has 2 rings (SSSR count). The Bertz CT molecular complexity index is 429. The van der Waals surface area contributed by atoms with Gasteiger partial charge in [0.05, 0.1) is 0 Å². The predicted octanol–water partition coefficient (Wildman–Crippen LogP) is 2.37. The second kappa shape index (κ2) is 3.84. The number of nitrogens with two attached hydrogens (primary N) is 1. The minimum Gasteiger partial charge on any atom is -0.358 e. The summed E-state index contributed by atoms with van der Waals surface area (Å²) in [7, 11) is 0. The van der Waals surface area contributed by atoms with Crippen molar-refractivity contribution in [2.75, 3.05) is 6.54 Å². The number of rotatable bonds is 3. The zero-order valence-corrected chi connectivity index (χ0v) is 8.51. The second-order valence-electron chi connectivity index (χ2n) is 3.67. The molecule has 2 heteroatoms. The van der Waals surface area contributed by atoms with E-state index in [2.05, 4.69) is 36.2 Å². The Kier molecular flexibility index (Phi) is 2.55. The van der Waals surface area contributed by atoms with Gasteiger partial charge in [0.2, 0.25) is 0 Å². The van der Waals surface area contributed by atoms with Crippen LogP contribution in [0.4, 0.5) is 0 Å². The quantitative estimate of drug-likeness (QED) is 0.763. The summed E-state index contributed by atoms with van der Waals surface area (Å²) in [6, 6.07) is 8.42. The lowest BCUT2D eigenvalue weighted by molar-refractivity contribution is 0.813. The standard InChI is InChI=1S/C12H16N2/c1-9-10-5-2-3-6-12(10)14-11(9)7-4-8-13/h2-3,5-6,14H,4,7-8,13H2,1H3. The molecule has 2 aromatic rings. The van der Waals surface area contributed by atoms with Crippen molar-refractivity contribution in [2.24, 2.45) is 5.73 Å². The first-order valence-electron chi connectivity index (χ1n) is 5.09. The summed E-state index contributed by atoms with van der Waals surface area (Å²) >= 11 is 0. The fraction of sp³-hybridized carbons (Fsp3) is 0.333. The maximum absolute atomic E-state index is 5.51. The van der Waals surface area contributed by atoms with Gasteiger partial charge in [0.1, 0.15) is 0 Å². The Morgan fingerprint density at radius 3 is 2.79 bits per heavy atom. The maximum Gasteiger partial charge on any atom is 0.0458 e. The molecule has 0 aliphatic rings. The summed E-state index contributed by atoms with van der Waals surface area (Å²) in [5.41, 5.74) is 9.44. The third-order valence-corrected chi connectivity index (χ3v) is 2.70. The van der Waals surface area contributed by atoms with Crippen LogP contribution < -0.4 is 5.73 Å². The van der Waals surface area contributed by atoms with Gasteiger partial charge in [0, 0.05) is 16.6 Å². The van der Waals surface area contributed by atoms with Crippen molar-refractivity contribution in [1.29, 1.82) is 0 Å². The van der Waals surface area contributed by atoms with Gasteiger partial charge in [0.25, 0.3) is 0 Å². The van der Waals surface area contributed by atoms with Gasteiger partial charge < -0.3 is 10.7 Å². The largest absolute Gasteiger partial charge is 0.358 e. The van der Waals surface area contributed by atoms with E-state index in [4.69, 9.17) is 5.73 Å².